The number of carbonyl (C=O) groups excluding carboxylic acids is 1. The van der Waals surface area contributed by atoms with Gasteiger partial charge in [0.05, 0.1) is 40.1 Å². The number of sulfonamides is 1. The number of benzene rings is 2. The highest BCUT2D eigenvalue weighted by molar-refractivity contribution is 7.92. The number of halogens is 1. The Kier molecular flexibility index (Phi) is 6.55. The number of carbonyl (C=O) groups is 1. The monoisotopic (exact) mass is 624 g/mol. The van der Waals surface area contributed by atoms with Crippen molar-refractivity contribution < 1.29 is 22.0 Å². The number of aromatic nitrogens is 3. The number of anilines is 1. The SMILES string of the molecule is CCC(=O)c1c(-n2ccc(C)cc2=O)oc2cc(N(C)S(C)(=O)=O)c(-c3ccc4c(n3)-c3cc5c(F)cccc5n3CC4)cc12. The number of rotatable bonds is 6. The van der Waals surface area contributed by atoms with Crippen molar-refractivity contribution in [3.8, 4) is 28.5 Å². The van der Waals surface area contributed by atoms with E-state index in [0.717, 1.165) is 32.9 Å². The second-order valence-electron chi connectivity index (χ2n) is 11.4. The Hall–Kier alpha value is -5.03. The van der Waals surface area contributed by atoms with Crippen molar-refractivity contribution in [2.24, 2.45) is 0 Å². The molecule has 0 saturated carbocycles. The Labute approximate surface area is 258 Å². The van der Waals surface area contributed by atoms with E-state index in [4.69, 9.17) is 9.40 Å². The average molecular weight is 625 g/mol. The van der Waals surface area contributed by atoms with Crippen molar-refractivity contribution in [3.05, 3.63) is 99.7 Å². The van der Waals surface area contributed by atoms with E-state index in [-0.39, 0.29) is 46.3 Å². The van der Waals surface area contributed by atoms with E-state index in [0.29, 0.717) is 40.7 Å². The fraction of sp³-hybridized carbons (Fsp3) is 0.206. The summed E-state index contributed by atoms with van der Waals surface area (Å²) in [6.07, 6.45) is 3.50. The Bertz CT molecular complexity index is 2390. The molecule has 6 aromatic rings. The van der Waals surface area contributed by atoms with Gasteiger partial charge in [0.2, 0.25) is 15.9 Å². The Morgan fingerprint density at radius 2 is 1.89 bits per heavy atom. The molecule has 0 amide bonds. The van der Waals surface area contributed by atoms with Gasteiger partial charge < -0.3 is 8.98 Å². The molecule has 0 fully saturated rings. The number of furan rings is 1. The van der Waals surface area contributed by atoms with Gasteiger partial charge in [-0.1, -0.05) is 19.1 Å². The van der Waals surface area contributed by atoms with Crippen LogP contribution in [-0.2, 0) is 23.0 Å². The molecule has 4 aromatic heterocycles. The first-order valence-electron chi connectivity index (χ1n) is 14.5. The van der Waals surface area contributed by atoms with Crippen molar-refractivity contribution in [1.29, 1.82) is 0 Å². The second-order valence-corrected chi connectivity index (χ2v) is 13.4. The second kappa shape index (κ2) is 10.3. The van der Waals surface area contributed by atoms with Gasteiger partial charge in [-0.05, 0) is 60.9 Å². The molecule has 0 aliphatic carbocycles. The minimum absolute atomic E-state index is 0.0666. The predicted molar refractivity (Wildman–Crippen MR) is 172 cm³/mol. The maximum Gasteiger partial charge on any atom is 0.257 e. The summed E-state index contributed by atoms with van der Waals surface area (Å²) < 4.78 is 51.1. The first kappa shape index (κ1) is 28.7. The van der Waals surface area contributed by atoms with Crippen LogP contribution in [0.3, 0.4) is 0 Å². The third kappa shape index (κ3) is 4.57. The van der Waals surface area contributed by atoms with Gasteiger partial charge in [0.1, 0.15) is 11.4 Å². The van der Waals surface area contributed by atoms with Gasteiger partial charge in [-0.2, -0.15) is 0 Å². The molecule has 0 N–H and O–H groups in total. The molecule has 2 aromatic carbocycles. The van der Waals surface area contributed by atoms with Crippen molar-refractivity contribution in [1.82, 2.24) is 14.1 Å². The molecule has 45 heavy (non-hydrogen) atoms. The number of nitrogens with zero attached hydrogens (tertiary/aromatic N) is 4. The molecule has 11 heteroatoms. The fourth-order valence-electron chi connectivity index (χ4n) is 6.10. The number of fused-ring (bicyclic) bond motifs is 6. The van der Waals surface area contributed by atoms with E-state index in [1.54, 1.807) is 50.4 Å². The smallest absolute Gasteiger partial charge is 0.257 e. The van der Waals surface area contributed by atoms with Crippen molar-refractivity contribution >= 4 is 43.4 Å². The largest absolute Gasteiger partial charge is 0.439 e. The molecule has 0 radical (unpaired) electrons. The van der Waals surface area contributed by atoms with Crippen LogP contribution >= 0.6 is 0 Å². The number of aryl methyl sites for hydroxylation is 3. The van der Waals surface area contributed by atoms with E-state index < -0.39 is 10.0 Å². The van der Waals surface area contributed by atoms with Gasteiger partial charge in [-0.3, -0.25) is 18.5 Å². The molecule has 0 spiro atoms. The molecule has 9 nitrogen and oxygen atoms in total. The molecule has 1 aliphatic rings. The quantitative estimate of drug-likeness (QED) is 0.203. The summed E-state index contributed by atoms with van der Waals surface area (Å²) in [5.74, 6) is -0.487. The third-order valence-corrected chi connectivity index (χ3v) is 9.70. The lowest BCUT2D eigenvalue weighted by atomic mass is 9.98. The normalized spacial score (nSPS) is 12.8. The van der Waals surface area contributed by atoms with E-state index in [1.807, 2.05) is 22.8 Å². The molecular weight excluding hydrogens is 595 g/mol. The fourth-order valence-corrected chi connectivity index (χ4v) is 6.61. The lowest BCUT2D eigenvalue weighted by Gasteiger charge is -2.22. The topological polar surface area (TPSA) is 107 Å². The molecule has 1 aliphatic heterocycles. The molecule has 228 valence electrons. The van der Waals surface area contributed by atoms with E-state index in [2.05, 4.69) is 0 Å². The van der Waals surface area contributed by atoms with Gasteiger partial charge in [0, 0.05) is 54.7 Å². The van der Waals surface area contributed by atoms with Crippen LogP contribution in [0.15, 0.2) is 76.1 Å². The molecule has 7 rings (SSSR count). The van der Waals surface area contributed by atoms with Crippen LogP contribution in [0.1, 0.15) is 34.8 Å². The van der Waals surface area contributed by atoms with Crippen LogP contribution in [0.4, 0.5) is 10.1 Å². The first-order chi connectivity index (χ1) is 21.5. The average Bonchev–Trinajstić information content (AvgIpc) is 3.58. The molecular formula is C34H29FN4O5S. The van der Waals surface area contributed by atoms with E-state index >= 15 is 0 Å². The number of Topliss-reactive ketones (excluding diaryl/α,β-unsaturated/α-hetero) is 1. The van der Waals surface area contributed by atoms with E-state index in [9.17, 15) is 22.4 Å². The highest BCUT2D eigenvalue weighted by Gasteiger charge is 2.28. The van der Waals surface area contributed by atoms with Gasteiger partial charge in [0.25, 0.3) is 5.56 Å². The summed E-state index contributed by atoms with van der Waals surface area (Å²) in [5.41, 5.74) is 5.27. The van der Waals surface area contributed by atoms with Crippen molar-refractivity contribution in [3.63, 3.8) is 0 Å². The number of hydrogen-bond donors (Lipinski definition) is 0. The van der Waals surface area contributed by atoms with Crippen LogP contribution in [0.25, 0.3) is 50.4 Å². The Morgan fingerprint density at radius 1 is 1.09 bits per heavy atom. The lowest BCUT2D eigenvalue weighted by Crippen LogP contribution is -2.25. The first-order valence-corrected chi connectivity index (χ1v) is 16.4. The van der Waals surface area contributed by atoms with Crippen LogP contribution in [0.2, 0.25) is 0 Å². The van der Waals surface area contributed by atoms with Gasteiger partial charge >= 0.3 is 0 Å². The summed E-state index contributed by atoms with van der Waals surface area (Å²) in [5, 5.41) is 0.937. The van der Waals surface area contributed by atoms with Gasteiger partial charge in [-0.15, -0.1) is 0 Å². The molecule has 0 atom stereocenters. The predicted octanol–water partition coefficient (Wildman–Crippen LogP) is 6.26. The standard InChI is InChI=1S/C34H29FN4O5S/c1-5-29(40)32-23-16-22(25-10-9-20-12-14-38-26-8-6-7-24(35)21(26)17-28(38)33(20)36-25)27(37(3)45(4,42)43)18-30(23)44-34(32)39-13-11-19(2)15-31(39)41/h6-11,13,15-18H,5,12,14H2,1-4H3. The highest BCUT2D eigenvalue weighted by Crippen LogP contribution is 2.41. The van der Waals surface area contributed by atoms with Crippen LogP contribution in [-0.4, -0.2) is 41.6 Å². The maximum atomic E-state index is 14.7. The highest BCUT2D eigenvalue weighted by atomic mass is 32.2. The molecule has 0 unspecified atom stereocenters. The summed E-state index contributed by atoms with van der Waals surface area (Å²) >= 11 is 0. The maximum absolute atomic E-state index is 14.7. The van der Waals surface area contributed by atoms with E-state index in [1.165, 1.54) is 23.7 Å². The zero-order valence-corrected chi connectivity index (χ0v) is 25.9. The molecule has 0 bridgehead atoms. The number of pyridine rings is 2. The minimum Gasteiger partial charge on any atom is -0.439 e. The molecule has 5 heterocycles. The van der Waals surface area contributed by atoms with Crippen LogP contribution < -0.4 is 9.86 Å². The summed E-state index contributed by atoms with van der Waals surface area (Å²) in [7, 11) is -2.30. The minimum atomic E-state index is -3.74. The summed E-state index contributed by atoms with van der Waals surface area (Å²) in [4.78, 5) is 31.4. The van der Waals surface area contributed by atoms with Gasteiger partial charge in [-0.25, -0.2) is 17.8 Å². The zero-order chi connectivity index (χ0) is 31.8. The zero-order valence-electron chi connectivity index (χ0n) is 25.1. The Morgan fingerprint density at radius 3 is 2.62 bits per heavy atom. The Balaban J connectivity index is 1.51. The summed E-state index contributed by atoms with van der Waals surface area (Å²) in [6.45, 7) is 4.19. The lowest BCUT2D eigenvalue weighted by molar-refractivity contribution is 0.0989. The van der Waals surface area contributed by atoms with Crippen LogP contribution in [0.5, 0.6) is 0 Å². The van der Waals surface area contributed by atoms with Crippen LogP contribution in [0, 0.1) is 12.7 Å². The summed E-state index contributed by atoms with van der Waals surface area (Å²) in [6, 6.07) is 17.0. The van der Waals surface area contributed by atoms with Crippen molar-refractivity contribution in [2.45, 2.75) is 33.2 Å². The van der Waals surface area contributed by atoms with Crippen molar-refractivity contribution in [2.75, 3.05) is 17.6 Å². The molecule has 0 saturated heterocycles. The number of hydrogen-bond acceptors (Lipinski definition) is 6. The third-order valence-electron chi connectivity index (χ3n) is 8.51. The number of ketones is 1. The van der Waals surface area contributed by atoms with Gasteiger partial charge in [0.15, 0.2) is 5.78 Å².